The average Bonchev–Trinajstić information content (AvgIpc) is 3.07. The zero-order valence-electron chi connectivity index (χ0n) is 13.0. The summed E-state index contributed by atoms with van der Waals surface area (Å²) >= 11 is 0. The zero-order chi connectivity index (χ0) is 15.2. The van der Waals surface area contributed by atoms with Crippen molar-refractivity contribution in [1.82, 2.24) is 9.97 Å². The second-order valence-corrected chi connectivity index (χ2v) is 5.79. The van der Waals surface area contributed by atoms with Crippen LogP contribution in [0.25, 0.3) is 0 Å². The molecule has 0 saturated heterocycles. The number of nitrogens with one attached hydrogen (secondary N) is 2. The summed E-state index contributed by atoms with van der Waals surface area (Å²) in [6, 6.07) is 6.61. The van der Waals surface area contributed by atoms with Crippen LogP contribution in [0, 0.1) is 0 Å². The number of H-pyrrole nitrogens is 1. The van der Waals surface area contributed by atoms with Crippen molar-refractivity contribution in [2.75, 3.05) is 29.9 Å². The van der Waals surface area contributed by atoms with Gasteiger partial charge in [-0.15, -0.1) is 0 Å². The Hall–Kier alpha value is -2.01. The number of imidazole rings is 1. The van der Waals surface area contributed by atoms with Crippen molar-refractivity contribution >= 4 is 11.4 Å². The van der Waals surface area contributed by atoms with Crippen molar-refractivity contribution in [3.8, 4) is 0 Å². The fraction of sp³-hybridized carbons (Fsp3) is 0.471. The van der Waals surface area contributed by atoms with Crippen LogP contribution in [0.1, 0.15) is 30.7 Å². The van der Waals surface area contributed by atoms with E-state index in [-0.39, 0.29) is 0 Å². The Morgan fingerprint density at radius 3 is 3.05 bits per heavy atom. The van der Waals surface area contributed by atoms with Gasteiger partial charge in [0.25, 0.3) is 0 Å². The summed E-state index contributed by atoms with van der Waals surface area (Å²) in [5.41, 5.74) is 9.66. The van der Waals surface area contributed by atoms with Gasteiger partial charge in [-0.25, -0.2) is 4.98 Å². The van der Waals surface area contributed by atoms with E-state index in [2.05, 4.69) is 38.4 Å². The number of aromatic nitrogens is 2. The highest BCUT2D eigenvalue weighted by molar-refractivity contribution is 5.74. The average molecular weight is 299 g/mol. The lowest BCUT2D eigenvalue weighted by Crippen LogP contribution is -2.27. The molecule has 2 heterocycles. The van der Waals surface area contributed by atoms with Gasteiger partial charge in [0, 0.05) is 25.5 Å². The lowest BCUT2D eigenvalue weighted by atomic mass is 10.0. The summed E-state index contributed by atoms with van der Waals surface area (Å²) in [7, 11) is 0. The molecule has 2 aromatic rings. The second kappa shape index (κ2) is 7.31. The van der Waals surface area contributed by atoms with E-state index in [1.54, 1.807) is 0 Å². The van der Waals surface area contributed by atoms with E-state index >= 15 is 0 Å². The van der Waals surface area contributed by atoms with Gasteiger partial charge < -0.3 is 20.9 Å². The highest BCUT2D eigenvalue weighted by Gasteiger charge is 2.17. The Labute approximate surface area is 131 Å². The first-order chi connectivity index (χ1) is 10.9. The van der Waals surface area contributed by atoms with Crippen molar-refractivity contribution in [3.05, 3.63) is 42.0 Å². The third-order valence-electron chi connectivity index (χ3n) is 4.17. The third kappa shape index (κ3) is 3.42. The Balaban J connectivity index is 1.84. The number of rotatable bonds is 7. The third-order valence-corrected chi connectivity index (χ3v) is 4.17. The molecule has 0 amide bonds. The van der Waals surface area contributed by atoms with E-state index < -0.39 is 0 Å². The number of hydrogen-bond acceptors (Lipinski definition) is 4. The van der Waals surface area contributed by atoms with Gasteiger partial charge in [0.05, 0.1) is 17.9 Å². The van der Waals surface area contributed by atoms with Gasteiger partial charge in [0.2, 0.25) is 0 Å². The maximum atomic E-state index is 5.65. The SMILES string of the molecule is NCCCCN(Cc1ncc[nH]1)c1cccc2c1NCCC2. The van der Waals surface area contributed by atoms with Crippen molar-refractivity contribution in [1.29, 1.82) is 0 Å². The van der Waals surface area contributed by atoms with Crippen LogP contribution in [0.4, 0.5) is 11.4 Å². The first kappa shape index (κ1) is 14.9. The quantitative estimate of drug-likeness (QED) is 0.687. The van der Waals surface area contributed by atoms with E-state index in [1.807, 2.05) is 12.4 Å². The monoisotopic (exact) mass is 299 g/mol. The molecule has 22 heavy (non-hydrogen) atoms. The number of nitrogens with zero attached hydrogens (tertiary/aromatic N) is 2. The normalized spacial score (nSPS) is 13.5. The van der Waals surface area contributed by atoms with E-state index in [9.17, 15) is 0 Å². The highest BCUT2D eigenvalue weighted by Crippen LogP contribution is 2.33. The van der Waals surface area contributed by atoms with E-state index in [1.165, 1.54) is 23.4 Å². The molecule has 1 aliphatic heterocycles. The van der Waals surface area contributed by atoms with E-state index in [0.29, 0.717) is 0 Å². The number of nitrogens with two attached hydrogens (primary N) is 1. The van der Waals surface area contributed by atoms with Gasteiger partial charge >= 0.3 is 0 Å². The zero-order valence-corrected chi connectivity index (χ0v) is 13.0. The largest absolute Gasteiger partial charge is 0.383 e. The van der Waals surface area contributed by atoms with Gasteiger partial charge in [-0.3, -0.25) is 0 Å². The number of anilines is 2. The Bertz CT molecular complexity index is 579. The maximum Gasteiger partial charge on any atom is 0.125 e. The van der Waals surface area contributed by atoms with Crippen LogP contribution in [-0.4, -0.2) is 29.6 Å². The topological polar surface area (TPSA) is 70.0 Å². The Morgan fingerprint density at radius 1 is 1.27 bits per heavy atom. The minimum Gasteiger partial charge on any atom is -0.383 e. The maximum absolute atomic E-state index is 5.65. The smallest absolute Gasteiger partial charge is 0.125 e. The number of para-hydroxylation sites is 1. The first-order valence-corrected chi connectivity index (χ1v) is 8.17. The summed E-state index contributed by atoms with van der Waals surface area (Å²) in [4.78, 5) is 10.00. The van der Waals surface area contributed by atoms with Gasteiger partial charge in [-0.1, -0.05) is 12.1 Å². The molecule has 0 atom stereocenters. The molecule has 1 aromatic heterocycles. The molecule has 0 aliphatic carbocycles. The number of hydrogen-bond donors (Lipinski definition) is 3. The number of aryl methyl sites for hydroxylation is 1. The summed E-state index contributed by atoms with van der Waals surface area (Å²) < 4.78 is 0. The minimum atomic E-state index is 0.750. The van der Waals surface area contributed by atoms with Crippen LogP contribution < -0.4 is 16.0 Å². The standard InChI is InChI=1S/C17H25N5/c18-8-1-2-12-22(13-16-19-10-11-20-16)15-7-3-5-14-6-4-9-21-17(14)15/h3,5,7,10-11,21H,1-2,4,6,8-9,12-13,18H2,(H,19,20). The predicted octanol–water partition coefficient (Wildman–Crippen LogP) is 2.51. The number of fused-ring (bicyclic) bond motifs is 1. The number of aromatic amines is 1. The first-order valence-electron chi connectivity index (χ1n) is 8.17. The molecule has 4 N–H and O–H groups in total. The molecular weight excluding hydrogens is 274 g/mol. The lowest BCUT2D eigenvalue weighted by Gasteiger charge is -2.30. The van der Waals surface area contributed by atoms with Crippen LogP contribution in [0.5, 0.6) is 0 Å². The summed E-state index contributed by atoms with van der Waals surface area (Å²) in [5.74, 6) is 1.00. The Morgan fingerprint density at radius 2 is 2.23 bits per heavy atom. The molecule has 5 nitrogen and oxygen atoms in total. The van der Waals surface area contributed by atoms with Crippen molar-refractivity contribution in [2.24, 2.45) is 5.73 Å². The van der Waals surface area contributed by atoms with Crippen molar-refractivity contribution < 1.29 is 0 Å². The molecule has 0 saturated carbocycles. The van der Waals surface area contributed by atoms with Gasteiger partial charge in [0.15, 0.2) is 0 Å². The summed E-state index contributed by atoms with van der Waals surface area (Å²) in [6.07, 6.45) is 8.21. The van der Waals surface area contributed by atoms with Crippen LogP contribution in [0.2, 0.25) is 0 Å². The molecule has 0 unspecified atom stereocenters. The van der Waals surface area contributed by atoms with Crippen molar-refractivity contribution in [2.45, 2.75) is 32.2 Å². The molecule has 3 rings (SSSR count). The highest BCUT2D eigenvalue weighted by atomic mass is 15.2. The molecule has 0 spiro atoms. The second-order valence-electron chi connectivity index (χ2n) is 5.79. The summed E-state index contributed by atoms with van der Waals surface area (Å²) in [6.45, 7) is 3.60. The van der Waals surface area contributed by atoms with Crippen LogP contribution in [0.15, 0.2) is 30.6 Å². The minimum absolute atomic E-state index is 0.750. The van der Waals surface area contributed by atoms with Crippen LogP contribution >= 0.6 is 0 Å². The Kier molecular flexibility index (Phi) is 4.96. The molecule has 118 valence electrons. The van der Waals surface area contributed by atoms with Gasteiger partial charge in [0.1, 0.15) is 5.82 Å². The molecule has 1 aromatic carbocycles. The molecule has 0 radical (unpaired) electrons. The molecular formula is C17H25N5. The van der Waals surface area contributed by atoms with Crippen molar-refractivity contribution in [3.63, 3.8) is 0 Å². The van der Waals surface area contributed by atoms with Crippen LogP contribution in [0.3, 0.4) is 0 Å². The van der Waals surface area contributed by atoms with E-state index in [0.717, 1.165) is 51.3 Å². The molecule has 1 aliphatic rings. The molecule has 0 fully saturated rings. The summed E-state index contributed by atoms with van der Waals surface area (Å²) in [5, 5.41) is 3.58. The molecule has 0 bridgehead atoms. The van der Waals surface area contributed by atoms with E-state index in [4.69, 9.17) is 5.73 Å². The number of benzene rings is 1. The van der Waals surface area contributed by atoms with Gasteiger partial charge in [-0.2, -0.15) is 0 Å². The predicted molar refractivity (Wildman–Crippen MR) is 91.2 cm³/mol. The van der Waals surface area contributed by atoms with Gasteiger partial charge in [-0.05, 0) is 43.9 Å². The lowest BCUT2D eigenvalue weighted by molar-refractivity contribution is 0.679. The fourth-order valence-corrected chi connectivity index (χ4v) is 3.05. The number of unbranched alkanes of at least 4 members (excludes halogenated alkanes) is 1. The molecule has 5 heteroatoms. The fourth-order valence-electron chi connectivity index (χ4n) is 3.05. The van der Waals surface area contributed by atoms with Crippen LogP contribution in [-0.2, 0) is 13.0 Å².